The Morgan fingerprint density at radius 2 is 2.05 bits per heavy atom. The molecule has 0 saturated carbocycles. The van der Waals surface area contributed by atoms with E-state index >= 15 is 0 Å². The van der Waals surface area contributed by atoms with E-state index in [0.29, 0.717) is 12.3 Å². The van der Waals surface area contributed by atoms with Gasteiger partial charge >= 0.3 is 0 Å². The molecule has 0 aliphatic carbocycles. The van der Waals surface area contributed by atoms with Crippen molar-refractivity contribution in [1.82, 2.24) is 0 Å². The van der Waals surface area contributed by atoms with E-state index in [1.165, 1.54) is 6.07 Å². The lowest BCUT2D eigenvalue weighted by Gasteiger charge is -2.08. The van der Waals surface area contributed by atoms with E-state index in [1.54, 1.807) is 6.07 Å². The summed E-state index contributed by atoms with van der Waals surface area (Å²) in [6.45, 7) is 2.36. The van der Waals surface area contributed by atoms with Crippen molar-refractivity contribution in [3.8, 4) is 0 Å². The Hall–Kier alpha value is -1.31. The van der Waals surface area contributed by atoms with Crippen molar-refractivity contribution in [1.29, 1.82) is 0 Å². The summed E-state index contributed by atoms with van der Waals surface area (Å²) >= 11 is 3.48. The maximum absolute atomic E-state index is 11.1. The predicted octanol–water partition coefficient (Wildman–Crippen LogP) is 2.61. The van der Waals surface area contributed by atoms with Crippen molar-refractivity contribution in [2.75, 3.05) is 5.32 Å². The fraction of sp³-hybridized carbons (Fsp3) is 0.167. The number of hydrogen-bond donors (Lipinski definition) is 2. The Labute approximate surface area is 120 Å². The van der Waals surface area contributed by atoms with Gasteiger partial charge in [-0.15, -0.1) is 0 Å². The zero-order valence-corrected chi connectivity index (χ0v) is 12.6. The standard InChI is InChI=1S/C12H13BrN2O3S/c1-8-3-2-4-10(12(8)13)15-7-9-5-6-11(18-9)19(14,16)17/h2-6,15H,7H2,1H3,(H2,14,16,17). The van der Waals surface area contributed by atoms with Crippen molar-refractivity contribution in [3.05, 3.63) is 46.1 Å². The van der Waals surface area contributed by atoms with Crippen molar-refractivity contribution in [3.63, 3.8) is 0 Å². The van der Waals surface area contributed by atoms with Crippen LogP contribution in [0.25, 0.3) is 0 Å². The Balaban J connectivity index is 2.11. The minimum Gasteiger partial charge on any atom is -0.446 e. The highest BCUT2D eigenvalue weighted by Crippen LogP contribution is 2.26. The third-order valence-electron chi connectivity index (χ3n) is 2.56. The summed E-state index contributed by atoms with van der Waals surface area (Å²) < 4.78 is 28.3. The first-order valence-corrected chi connectivity index (χ1v) is 7.82. The Morgan fingerprint density at radius 1 is 1.32 bits per heavy atom. The molecule has 2 aromatic rings. The number of furan rings is 1. The van der Waals surface area contributed by atoms with E-state index in [0.717, 1.165) is 15.7 Å². The first-order chi connectivity index (χ1) is 8.88. The largest absolute Gasteiger partial charge is 0.446 e. The van der Waals surface area contributed by atoms with Crippen LogP contribution >= 0.6 is 15.9 Å². The van der Waals surface area contributed by atoms with Gasteiger partial charge in [-0.3, -0.25) is 0 Å². The van der Waals surface area contributed by atoms with Crippen LogP contribution in [-0.4, -0.2) is 8.42 Å². The molecule has 2 rings (SSSR count). The highest BCUT2D eigenvalue weighted by atomic mass is 79.9. The van der Waals surface area contributed by atoms with Gasteiger partial charge < -0.3 is 9.73 Å². The van der Waals surface area contributed by atoms with Gasteiger partial charge in [0.1, 0.15) is 5.76 Å². The fourth-order valence-electron chi connectivity index (χ4n) is 1.57. The predicted molar refractivity (Wildman–Crippen MR) is 76.3 cm³/mol. The minimum absolute atomic E-state index is 0.229. The molecule has 0 bridgehead atoms. The maximum atomic E-state index is 11.1. The summed E-state index contributed by atoms with van der Waals surface area (Å²) in [5.74, 6) is 0.498. The molecule has 0 amide bonds. The number of nitrogens with one attached hydrogen (secondary N) is 1. The molecule has 1 aromatic heterocycles. The van der Waals surface area contributed by atoms with E-state index in [1.807, 2.05) is 25.1 Å². The average molecular weight is 345 g/mol. The van der Waals surface area contributed by atoms with Gasteiger partial charge in [0.2, 0.25) is 5.09 Å². The van der Waals surface area contributed by atoms with Crippen LogP contribution in [0.15, 0.2) is 44.3 Å². The smallest absolute Gasteiger partial charge is 0.271 e. The van der Waals surface area contributed by atoms with Gasteiger partial charge in [-0.1, -0.05) is 12.1 Å². The minimum atomic E-state index is -3.78. The van der Waals surface area contributed by atoms with Gasteiger partial charge in [0.15, 0.2) is 0 Å². The summed E-state index contributed by atoms with van der Waals surface area (Å²) in [7, 11) is -3.78. The van der Waals surface area contributed by atoms with Crippen LogP contribution in [0.4, 0.5) is 5.69 Å². The number of nitrogens with two attached hydrogens (primary N) is 1. The van der Waals surface area contributed by atoms with Crippen LogP contribution in [0.2, 0.25) is 0 Å². The SMILES string of the molecule is Cc1cccc(NCc2ccc(S(N)(=O)=O)o2)c1Br. The molecule has 0 atom stereocenters. The highest BCUT2D eigenvalue weighted by Gasteiger charge is 2.13. The monoisotopic (exact) mass is 344 g/mol. The first kappa shape index (κ1) is 14.1. The van der Waals surface area contributed by atoms with E-state index in [-0.39, 0.29) is 5.09 Å². The number of hydrogen-bond acceptors (Lipinski definition) is 4. The van der Waals surface area contributed by atoms with Crippen molar-refractivity contribution < 1.29 is 12.8 Å². The van der Waals surface area contributed by atoms with Crippen molar-refractivity contribution in [2.45, 2.75) is 18.6 Å². The van der Waals surface area contributed by atoms with Gasteiger partial charge in [0.25, 0.3) is 10.0 Å². The number of benzene rings is 1. The quantitative estimate of drug-likeness (QED) is 0.892. The second-order valence-corrected chi connectivity index (χ2v) is 6.34. The summed E-state index contributed by atoms with van der Waals surface area (Å²) in [5, 5.41) is 7.90. The molecule has 0 aliphatic rings. The van der Waals surface area contributed by atoms with Gasteiger partial charge in [0, 0.05) is 10.2 Å². The topological polar surface area (TPSA) is 85.3 Å². The molecule has 7 heteroatoms. The number of primary sulfonamides is 1. The molecule has 0 unspecified atom stereocenters. The van der Waals surface area contributed by atoms with E-state index < -0.39 is 10.0 Å². The molecule has 1 aromatic carbocycles. The van der Waals surface area contributed by atoms with Crippen LogP contribution in [0.5, 0.6) is 0 Å². The lowest BCUT2D eigenvalue weighted by atomic mass is 10.2. The van der Waals surface area contributed by atoms with Crippen molar-refractivity contribution >= 4 is 31.6 Å². The summed E-state index contributed by atoms with van der Waals surface area (Å²) in [6, 6.07) is 8.76. The molecule has 5 nitrogen and oxygen atoms in total. The second-order valence-electron chi connectivity index (χ2n) is 4.06. The molecular weight excluding hydrogens is 332 g/mol. The zero-order chi connectivity index (χ0) is 14.0. The molecular formula is C12H13BrN2O3S. The van der Waals surface area contributed by atoms with Gasteiger partial charge in [0.05, 0.1) is 6.54 Å². The van der Waals surface area contributed by atoms with Crippen LogP contribution < -0.4 is 10.5 Å². The van der Waals surface area contributed by atoms with Crippen molar-refractivity contribution in [2.24, 2.45) is 5.14 Å². The Morgan fingerprint density at radius 3 is 2.68 bits per heavy atom. The number of sulfonamides is 1. The lowest BCUT2D eigenvalue weighted by molar-refractivity contribution is 0.419. The maximum Gasteiger partial charge on any atom is 0.271 e. The van der Waals surface area contributed by atoms with Gasteiger partial charge in [-0.05, 0) is 46.6 Å². The van der Waals surface area contributed by atoms with Gasteiger partial charge in [-0.25, -0.2) is 13.6 Å². The fourth-order valence-corrected chi connectivity index (χ4v) is 2.46. The summed E-state index contributed by atoms with van der Waals surface area (Å²) in [4.78, 5) is 0. The van der Waals surface area contributed by atoms with Gasteiger partial charge in [-0.2, -0.15) is 0 Å². The zero-order valence-electron chi connectivity index (χ0n) is 10.2. The van der Waals surface area contributed by atoms with E-state index in [9.17, 15) is 8.42 Å². The van der Waals surface area contributed by atoms with Crippen LogP contribution in [-0.2, 0) is 16.6 Å². The molecule has 0 aliphatic heterocycles. The first-order valence-electron chi connectivity index (χ1n) is 5.48. The third-order valence-corrected chi connectivity index (χ3v) is 4.40. The molecule has 3 N–H and O–H groups in total. The van der Waals surface area contributed by atoms with Crippen LogP contribution in [0.1, 0.15) is 11.3 Å². The summed E-state index contributed by atoms with van der Waals surface area (Å²) in [5.41, 5.74) is 2.02. The molecule has 0 fully saturated rings. The normalized spacial score (nSPS) is 11.5. The van der Waals surface area contributed by atoms with E-state index in [2.05, 4.69) is 21.2 Å². The average Bonchev–Trinajstić information content (AvgIpc) is 2.79. The lowest BCUT2D eigenvalue weighted by Crippen LogP contribution is -2.10. The molecule has 0 saturated heterocycles. The van der Waals surface area contributed by atoms with Crippen LogP contribution in [0, 0.1) is 6.92 Å². The molecule has 19 heavy (non-hydrogen) atoms. The number of aryl methyl sites for hydroxylation is 1. The summed E-state index contributed by atoms with van der Waals surface area (Å²) in [6.07, 6.45) is 0. The number of rotatable bonds is 4. The molecule has 102 valence electrons. The molecule has 0 spiro atoms. The number of halogens is 1. The van der Waals surface area contributed by atoms with Crippen LogP contribution in [0.3, 0.4) is 0 Å². The number of anilines is 1. The van der Waals surface area contributed by atoms with E-state index in [4.69, 9.17) is 9.56 Å². The second kappa shape index (κ2) is 5.36. The highest BCUT2D eigenvalue weighted by molar-refractivity contribution is 9.10. The molecule has 1 heterocycles. The molecule has 0 radical (unpaired) electrons. The Bertz CT molecular complexity index is 695. The Kier molecular flexibility index (Phi) is 3.98. The third kappa shape index (κ3) is 3.37.